The lowest BCUT2D eigenvalue weighted by Gasteiger charge is -2.16. The Bertz CT molecular complexity index is 980. The highest BCUT2D eigenvalue weighted by Gasteiger charge is 2.38. The zero-order valence-corrected chi connectivity index (χ0v) is 16.5. The van der Waals surface area contributed by atoms with Crippen molar-refractivity contribution in [1.82, 2.24) is 4.89 Å². The number of nitrogens with one attached hydrogen (secondary N) is 2. The van der Waals surface area contributed by atoms with Gasteiger partial charge in [-0.3, -0.25) is 4.84 Å². The monoisotopic (exact) mass is 454 g/mol. The Hall–Kier alpha value is -1.52. The standard InChI is InChI=1S/C17H15Cl2F3N2O3S/c18-13-2-1-3-14(16(13)19)23-11-6-7-15(12(8-11)17(20,21)22)28(25,26)24-27-9-10-4-5-10/h1-3,6-8,10,23-24H,4-5,9H2. The highest BCUT2D eigenvalue weighted by Crippen LogP contribution is 2.38. The van der Waals surface area contributed by atoms with Crippen molar-refractivity contribution in [3.8, 4) is 0 Å². The molecule has 1 fully saturated rings. The number of anilines is 2. The molecule has 0 atom stereocenters. The third-order valence-electron chi connectivity index (χ3n) is 3.99. The van der Waals surface area contributed by atoms with Crippen molar-refractivity contribution in [1.29, 1.82) is 0 Å². The SMILES string of the molecule is O=S(=O)(NOCC1CC1)c1ccc(Nc2cccc(Cl)c2Cl)cc1C(F)(F)F. The maximum absolute atomic E-state index is 13.5. The average Bonchev–Trinajstić information content (AvgIpc) is 3.42. The molecule has 0 aliphatic heterocycles. The summed E-state index contributed by atoms with van der Waals surface area (Å²) in [5.41, 5.74) is -1.06. The van der Waals surface area contributed by atoms with Crippen LogP contribution in [0.25, 0.3) is 0 Å². The summed E-state index contributed by atoms with van der Waals surface area (Å²) in [4.78, 5) is 5.67. The van der Waals surface area contributed by atoms with Gasteiger partial charge < -0.3 is 5.32 Å². The van der Waals surface area contributed by atoms with Gasteiger partial charge in [0.05, 0.1) is 32.8 Å². The summed E-state index contributed by atoms with van der Waals surface area (Å²) in [5, 5.41) is 3.06. The Balaban J connectivity index is 1.90. The van der Waals surface area contributed by atoms with Crippen LogP contribution >= 0.6 is 23.2 Å². The summed E-state index contributed by atoms with van der Waals surface area (Å²) in [5.74, 6) is 0.235. The number of benzene rings is 2. The first-order chi connectivity index (χ1) is 13.1. The fourth-order valence-corrected chi connectivity index (χ4v) is 3.75. The number of halogens is 5. The first-order valence-corrected chi connectivity index (χ1v) is 10.4. The molecular weight excluding hydrogens is 440 g/mol. The Morgan fingerprint density at radius 3 is 2.50 bits per heavy atom. The van der Waals surface area contributed by atoms with E-state index >= 15 is 0 Å². The molecule has 152 valence electrons. The molecule has 2 aromatic rings. The number of hydrogen-bond donors (Lipinski definition) is 2. The fourth-order valence-electron chi connectivity index (χ4n) is 2.38. The first kappa shape index (κ1) is 21.2. The summed E-state index contributed by atoms with van der Waals surface area (Å²) in [6.07, 6.45) is -3.10. The zero-order chi connectivity index (χ0) is 20.5. The summed E-state index contributed by atoms with van der Waals surface area (Å²) >= 11 is 11.9. The maximum atomic E-state index is 13.5. The molecular formula is C17H15Cl2F3N2O3S. The second-order valence-corrected chi connectivity index (χ2v) is 8.67. The molecule has 2 N–H and O–H groups in total. The largest absolute Gasteiger partial charge is 0.417 e. The predicted molar refractivity (Wildman–Crippen MR) is 100 cm³/mol. The normalized spacial score (nSPS) is 14.9. The van der Waals surface area contributed by atoms with Crippen molar-refractivity contribution in [2.24, 2.45) is 5.92 Å². The fraction of sp³-hybridized carbons (Fsp3) is 0.294. The minimum Gasteiger partial charge on any atom is -0.354 e. The van der Waals surface area contributed by atoms with Crippen LogP contribution in [-0.4, -0.2) is 15.0 Å². The summed E-state index contributed by atoms with van der Waals surface area (Å²) in [7, 11) is -4.51. The summed E-state index contributed by atoms with van der Waals surface area (Å²) in [6, 6.07) is 7.36. The van der Waals surface area contributed by atoms with E-state index < -0.39 is 26.7 Å². The molecule has 0 saturated heterocycles. The minimum absolute atomic E-state index is 0.00524. The van der Waals surface area contributed by atoms with E-state index in [9.17, 15) is 21.6 Å². The molecule has 1 aliphatic carbocycles. The van der Waals surface area contributed by atoms with Gasteiger partial charge in [0.15, 0.2) is 0 Å². The van der Waals surface area contributed by atoms with E-state index in [1.165, 1.54) is 18.2 Å². The van der Waals surface area contributed by atoms with Gasteiger partial charge in [0.25, 0.3) is 10.0 Å². The molecule has 2 aromatic carbocycles. The highest BCUT2D eigenvalue weighted by molar-refractivity contribution is 7.89. The van der Waals surface area contributed by atoms with E-state index in [2.05, 4.69) is 5.32 Å². The lowest BCUT2D eigenvalue weighted by atomic mass is 10.2. The second-order valence-electron chi connectivity index (χ2n) is 6.28. The highest BCUT2D eigenvalue weighted by atomic mass is 35.5. The van der Waals surface area contributed by atoms with Gasteiger partial charge in [-0.2, -0.15) is 13.2 Å². The van der Waals surface area contributed by atoms with Gasteiger partial charge in [-0.15, -0.1) is 0 Å². The molecule has 1 saturated carbocycles. The van der Waals surface area contributed by atoms with Crippen LogP contribution < -0.4 is 10.2 Å². The Kier molecular flexibility index (Phi) is 6.11. The maximum Gasteiger partial charge on any atom is 0.417 e. The summed E-state index contributed by atoms with van der Waals surface area (Å²) in [6.45, 7) is 0.119. The first-order valence-electron chi connectivity index (χ1n) is 8.14. The third-order valence-corrected chi connectivity index (χ3v) is 6.08. The topological polar surface area (TPSA) is 67.4 Å². The Morgan fingerprint density at radius 2 is 1.86 bits per heavy atom. The van der Waals surface area contributed by atoms with Gasteiger partial charge in [-0.25, -0.2) is 8.42 Å². The van der Waals surface area contributed by atoms with Gasteiger partial charge >= 0.3 is 6.18 Å². The molecule has 0 heterocycles. The van der Waals surface area contributed by atoms with E-state index in [4.69, 9.17) is 28.0 Å². The van der Waals surface area contributed by atoms with E-state index in [-0.39, 0.29) is 33.9 Å². The lowest BCUT2D eigenvalue weighted by molar-refractivity contribution is -0.139. The minimum atomic E-state index is -4.91. The van der Waals surface area contributed by atoms with Crippen molar-refractivity contribution < 1.29 is 26.4 Å². The van der Waals surface area contributed by atoms with Crippen LogP contribution in [0.5, 0.6) is 0 Å². The van der Waals surface area contributed by atoms with Crippen LogP contribution in [0, 0.1) is 5.92 Å². The molecule has 0 unspecified atom stereocenters. The van der Waals surface area contributed by atoms with E-state index in [1.807, 2.05) is 0 Å². The van der Waals surface area contributed by atoms with Crippen LogP contribution in [0.15, 0.2) is 41.3 Å². The van der Waals surface area contributed by atoms with E-state index in [0.29, 0.717) is 6.07 Å². The van der Waals surface area contributed by atoms with Crippen LogP contribution in [0.1, 0.15) is 18.4 Å². The molecule has 0 bridgehead atoms. The smallest absolute Gasteiger partial charge is 0.354 e. The molecule has 1 aliphatic rings. The van der Waals surface area contributed by atoms with Gasteiger partial charge in [-0.05, 0) is 49.1 Å². The van der Waals surface area contributed by atoms with Crippen LogP contribution in [0.3, 0.4) is 0 Å². The third kappa shape index (κ3) is 5.09. The summed E-state index contributed by atoms with van der Waals surface area (Å²) < 4.78 is 65.0. The molecule has 0 amide bonds. The van der Waals surface area contributed by atoms with Crippen molar-refractivity contribution >= 4 is 44.6 Å². The van der Waals surface area contributed by atoms with Crippen molar-refractivity contribution in [3.63, 3.8) is 0 Å². The molecule has 5 nitrogen and oxygen atoms in total. The zero-order valence-electron chi connectivity index (χ0n) is 14.2. The Labute approximate surface area is 169 Å². The lowest BCUT2D eigenvalue weighted by Crippen LogP contribution is -2.27. The quantitative estimate of drug-likeness (QED) is 0.551. The molecule has 0 radical (unpaired) electrons. The van der Waals surface area contributed by atoms with E-state index in [0.717, 1.165) is 18.9 Å². The van der Waals surface area contributed by atoms with Gasteiger partial charge in [-0.1, -0.05) is 34.2 Å². The molecule has 3 rings (SSSR count). The van der Waals surface area contributed by atoms with Gasteiger partial charge in [0, 0.05) is 5.69 Å². The molecule has 0 aromatic heterocycles. The van der Waals surface area contributed by atoms with Crippen LogP contribution in [-0.2, 0) is 21.0 Å². The molecule has 0 spiro atoms. The molecule has 28 heavy (non-hydrogen) atoms. The van der Waals surface area contributed by atoms with Gasteiger partial charge in [0.1, 0.15) is 0 Å². The number of sulfonamides is 1. The second kappa shape index (κ2) is 8.08. The van der Waals surface area contributed by atoms with Crippen molar-refractivity contribution in [3.05, 3.63) is 52.0 Å². The number of rotatable bonds is 7. The van der Waals surface area contributed by atoms with Gasteiger partial charge in [0.2, 0.25) is 0 Å². The number of alkyl halides is 3. The average molecular weight is 455 g/mol. The van der Waals surface area contributed by atoms with Crippen LogP contribution in [0.4, 0.5) is 24.5 Å². The van der Waals surface area contributed by atoms with Crippen molar-refractivity contribution in [2.75, 3.05) is 11.9 Å². The van der Waals surface area contributed by atoms with Crippen molar-refractivity contribution in [2.45, 2.75) is 23.9 Å². The molecule has 11 heteroatoms. The van der Waals surface area contributed by atoms with E-state index in [1.54, 1.807) is 11.0 Å². The number of hydrogen-bond acceptors (Lipinski definition) is 4. The Morgan fingerprint density at radius 1 is 1.14 bits per heavy atom. The van der Waals surface area contributed by atoms with Crippen LogP contribution in [0.2, 0.25) is 10.0 Å². The predicted octanol–water partition coefficient (Wildman–Crippen LogP) is 5.38.